The van der Waals surface area contributed by atoms with Crippen LogP contribution in [-0.2, 0) is 6.42 Å². The van der Waals surface area contributed by atoms with Crippen molar-refractivity contribution in [2.24, 2.45) is 0 Å². The second kappa shape index (κ2) is 8.20. The monoisotopic (exact) mass is 352 g/mol. The number of benzene rings is 2. The Morgan fingerprint density at radius 2 is 1.85 bits per heavy atom. The van der Waals surface area contributed by atoms with Gasteiger partial charge in [0.25, 0.3) is 5.91 Å². The molecule has 3 rings (SSSR count). The number of hydrogen-bond donors (Lipinski definition) is 1. The highest BCUT2D eigenvalue weighted by molar-refractivity contribution is 5.99. The predicted molar refractivity (Wildman–Crippen MR) is 97.5 cm³/mol. The van der Waals surface area contributed by atoms with Gasteiger partial charge in [0, 0.05) is 12.1 Å². The van der Waals surface area contributed by atoms with E-state index < -0.39 is 0 Å². The zero-order valence-electron chi connectivity index (χ0n) is 14.7. The zero-order valence-corrected chi connectivity index (χ0v) is 14.7. The van der Waals surface area contributed by atoms with E-state index in [0.717, 1.165) is 11.1 Å². The Bertz CT molecular complexity index is 875. The molecule has 1 amide bonds. The number of nitrogens with one attached hydrogen (secondary N) is 1. The van der Waals surface area contributed by atoms with Crippen LogP contribution in [0.15, 0.2) is 59.3 Å². The van der Waals surface area contributed by atoms with Crippen molar-refractivity contribution in [3.63, 3.8) is 0 Å². The van der Waals surface area contributed by atoms with Crippen LogP contribution < -0.4 is 14.8 Å². The van der Waals surface area contributed by atoms with Gasteiger partial charge in [0.15, 0.2) is 17.3 Å². The molecule has 26 heavy (non-hydrogen) atoms. The molecule has 0 atom stereocenters. The van der Waals surface area contributed by atoms with Gasteiger partial charge in [0.05, 0.1) is 20.4 Å². The van der Waals surface area contributed by atoms with Crippen molar-refractivity contribution in [2.75, 3.05) is 20.8 Å². The van der Waals surface area contributed by atoms with Gasteiger partial charge in [-0.3, -0.25) is 4.79 Å². The average Bonchev–Trinajstić information content (AvgIpc) is 3.18. The van der Waals surface area contributed by atoms with E-state index in [0.29, 0.717) is 35.8 Å². The first-order valence-corrected chi connectivity index (χ1v) is 8.22. The maximum absolute atomic E-state index is 12.5. The first-order chi connectivity index (χ1) is 12.7. The molecular formula is C20H20N2O4. The number of rotatable bonds is 7. The second-order valence-corrected chi connectivity index (χ2v) is 5.63. The third-order valence-corrected chi connectivity index (χ3v) is 4.00. The third-order valence-electron chi connectivity index (χ3n) is 4.00. The van der Waals surface area contributed by atoms with E-state index >= 15 is 0 Å². The first-order valence-electron chi connectivity index (χ1n) is 8.22. The molecule has 0 unspecified atom stereocenters. The molecule has 0 bridgehead atoms. The fraction of sp³-hybridized carbons (Fsp3) is 0.200. The highest BCUT2D eigenvalue weighted by Crippen LogP contribution is 2.27. The second-order valence-electron chi connectivity index (χ2n) is 5.63. The van der Waals surface area contributed by atoms with Crippen molar-refractivity contribution in [3.05, 3.63) is 65.9 Å². The molecule has 134 valence electrons. The molecule has 3 aromatic rings. The van der Waals surface area contributed by atoms with Gasteiger partial charge >= 0.3 is 0 Å². The Kier molecular flexibility index (Phi) is 5.53. The number of hydrogen-bond acceptors (Lipinski definition) is 5. The summed E-state index contributed by atoms with van der Waals surface area (Å²) in [7, 11) is 3.20. The van der Waals surface area contributed by atoms with Crippen molar-refractivity contribution in [2.45, 2.75) is 6.42 Å². The molecule has 0 saturated heterocycles. The number of carbonyl (C=O) groups is 1. The standard InChI is InChI=1S/C20H20N2O4/c1-24-17-9-8-14(12-18(17)25-2)10-11-21-20(23)16-13-22-26-19(16)15-6-4-3-5-7-15/h3-9,12-13H,10-11H2,1-2H3,(H,21,23). The zero-order chi connectivity index (χ0) is 18.4. The molecule has 0 spiro atoms. The van der Waals surface area contributed by atoms with Crippen molar-refractivity contribution < 1.29 is 18.8 Å². The Hall–Kier alpha value is -3.28. The highest BCUT2D eigenvalue weighted by Gasteiger charge is 2.17. The molecule has 1 N–H and O–H groups in total. The molecule has 0 radical (unpaired) electrons. The lowest BCUT2D eigenvalue weighted by molar-refractivity contribution is 0.0954. The van der Waals surface area contributed by atoms with E-state index in [1.165, 1.54) is 6.20 Å². The lowest BCUT2D eigenvalue weighted by Gasteiger charge is -2.10. The van der Waals surface area contributed by atoms with Crippen LogP contribution in [0.3, 0.4) is 0 Å². The van der Waals surface area contributed by atoms with Crippen LogP contribution in [0.2, 0.25) is 0 Å². The number of ether oxygens (including phenoxy) is 2. The SMILES string of the molecule is COc1ccc(CCNC(=O)c2cnoc2-c2ccccc2)cc1OC. The van der Waals surface area contributed by atoms with Crippen LogP contribution in [0.5, 0.6) is 11.5 Å². The van der Waals surface area contributed by atoms with E-state index in [1.54, 1.807) is 14.2 Å². The normalized spacial score (nSPS) is 10.4. The molecule has 0 saturated carbocycles. The summed E-state index contributed by atoms with van der Waals surface area (Å²) in [4.78, 5) is 12.5. The molecule has 6 heteroatoms. The summed E-state index contributed by atoms with van der Waals surface area (Å²) >= 11 is 0. The molecule has 1 heterocycles. The van der Waals surface area contributed by atoms with Gasteiger partial charge in [-0.05, 0) is 24.1 Å². The average molecular weight is 352 g/mol. The van der Waals surface area contributed by atoms with Gasteiger partial charge in [0.2, 0.25) is 0 Å². The molecule has 0 aliphatic carbocycles. The molecule has 0 aliphatic heterocycles. The van der Waals surface area contributed by atoms with Crippen molar-refractivity contribution in [1.82, 2.24) is 10.5 Å². The van der Waals surface area contributed by atoms with E-state index in [9.17, 15) is 4.79 Å². The molecule has 2 aromatic carbocycles. The van der Waals surface area contributed by atoms with Crippen LogP contribution in [0.4, 0.5) is 0 Å². The van der Waals surface area contributed by atoms with Gasteiger partial charge < -0.3 is 19.3 Å². The minimum Gasteiger partial charge on any atom is -0.493 e. The van der Waals surface area contributed by atoms with Crippen molar-refractivity contribution in [3.8, 4) is 22.8 Å². The maximum Gasteiger partial charge on any atom is 0.256 e. The maximum atomic E-state index is 12.5. The Morgan fingerprint density at radius 3 is 2.58 bits per heavy atom. The van der Waals surface area contributed by atoms with Crippen LogP contribution >= 0.6 is 0 Å². The summed E-state index contributed by atoms with van der Waals surface area (Å²) in [5, 5.41) is 6.66. The summed E-state index contributed by atoms with van der Waals surface area (Å²) in [5.74, 6) is 1.60. The minimum absolute atomic E-state index is 0.217. The number of aromatic nitrogens is 1. The van der Waals surface area contributed by atoms with Crippen molar-refractivity contribution >= 4 is 5.91 Å². The molecule has 0 fully saturated rings. The largest absolute Gasteiger partial charge is 0.493 e. The summed E-state index contributed by atoms with van der Waals surface area (Å²) in [5.41, 5.74) is 2.27. The lowest BCUT2D eigenvalue weighted by atomic mass is 10.1. The molecule has 0 aliphatic rings. The van der Waals surface area contributed by atoms with E-state index in [1.807, 2.05) is 48.5 Å². The fourth-order valence-corrected chi connectivity index (χ4v) is 2.65. The minimum atomic E-state index is -0.217. The number of carbonyl (C=O) groups excluding carboxylic acids is 1. The molecule has 6 nitrogen and oxygen atoms in total. The summed E-state index contributed by atoms with van der Waals surface area (Å²) in [6.07, 6.45) is 2.10. The highest BCUT2D eigenvalue weighted by atomic mass is 16.5. The lowest BCUT2D eigenvalue weighted by Crippen LogP contribution is -2.25. The first kappa shape index (κ1) is 17.5. The van der Waals surface area contributed by atoms with Crippen LogP contribution in [0, 0.1) is 0 Å². The number of nitrogens with zero attached hydrogens (tertiary/aromatic N) is 1. The van der Waals surface area contributed by atoms with Gasteiger partial charge in [-0.2, -0.15) is 0 Å². The van der Waals surface area contributed by atoms with Gasteiger partial charge in [-0.1, -0.05) is 41.6 Å². The fourth-order valence-electron chi connectivity index (χ4n) is 2.65. The Labute approximate surface area is 151 Å². The summed E-state index contributed by atoms with van der Waals surface area (Å²) in [6, 6.07) is 15.1. The van der Waals surface area contributed by atoms with Gasteiger partial charge in [-0.25, -0.2) is 0 Å². The van der Waals surface area contributed by atoms with Gasteiger partial charge in [-0.15, -0.1) is 0 Å². The predicted octanol–water partition coefficient (Wildman–Crippen LogP) is 3.33. The van der Waals surface area contributed by atoms with Gasteiger partial charge in [0.1, 0.15) is 5.56 Å². The Balaban J connectivity index is 1.63. The van der Waals surface area contributed by atoms with Crippen molar-refractivity contribution in [1.29, 1.82) is 0 Å². The topological polar surface area (TPSA) is 73.6 Å². The third kappa shape index (κ3) is 3.85. The van der Waals surface area contributed by atoms with E-state index in [4.69, 9.17) is 14.0 Å². The number of amides is 1. The quantitative estimate of drug-likeness (QED) is 0.706. The van der Waals surface area contributed by atoms with Crippen LogP contribution in [-0.4, -0.2) is 31.8 Å². The van der Waals surface area contributed by atoms with Crippen LogP contribution in [0.25, 0.3) is 11.3 Å². The Morgan fingerprint density at radius 1 is 1.08 bits per heavy atom. The van der Waals surface area contributed by atoms with E-state index in [2.05, 4.69) is 10.5 Å². The summed E-state index contributed by atoms with van der Waals surface area (Å²) in [6.45, 7) is 0.480. The smallest absolute Gasteiger partial charge is 0.256 e. The molecule has 1 aromatic heterocycles. The molecular weight excluding hydrogens is 332 g/mol. The van der Waals surface area contributed by atoms with Crippen LogP contribution in [0.1, 0.15) is 15.9 Å². The van der Waals surface area contributed by atoms with E-state index in [-0.39, 0.29) is 5.91 Å². The number of methoxy groups -OCH3 is 2. The summed E-state index contributed by atoms with van der Waals surface area (Å²) < 4.78 is 15.8.